The molecule has 4 N–H and O–H groups in total. The molecule has 6 rings (SSSR count). The molecule has 6 aromatic rings. The lowest BCUT2D eigenvalue weighted by Crippen LogP contribution is -2.11. The Morgan fingerprint density at radius 1 is 1.00 bits per heavy atom. The Hall–Kier alpha value is -5.21. The SMILES string of the molecule is Cc1c(-c2ccnn2-c2ccc(N)cc2)cn2nc(NC(O)c3ccc(S(C)(=O)=O)cc3)nc2c1-c1cccc(C(F)(F)F)c1. The number of nitrogens with zero attached hydrogens (tertiary/aromatic N) is 5. The van der Waals surface area contributed by atoms with E-state index < -0.39 is 27.8 Å². The highest BCUT2D eigenvalue weighted by atomic mass is 32.2. The van der Waals surface area contributed by atoms with E-state index in [4.69, 9.17) is 5.73 Å². The van der Waals surface area contributed by atoms with Crippen LogP contribution in [-0.2, 0) is 16.0 Å². The van der Waals surface area contributed by atoms with Crippen LogP contribution in [0.1, 0.15) is 22.9 Å². The van der Waals surface area contributed by atoms with Crippen molar-refractivity contribution in [3.63, 3.8) is 0 Å². The van der Waals surface area contributed by atoms with E-state index in [1.807, 2.05) is 0 Å². The fourth-order valence-electron chi connectivity index (χ4n) is 5.05. The van der Waals surface area contributed by atoms with Crippen molar-refractivity contribution in [1.82, 2.24) is 24.4 Å². The number of aromatic nitrogens is 5. The molecule has 45 heavy (non-hydrogen) atoms. The van der Waals surface area contributed by atoms with E-state index in [1.54, 1.807) is 60.4 Å². The third-order valence-corrected chi connectivity index (χ3v) is 8.44. The fourth-order valence-corrected chi connectivity index (χ4v) is 5.68. The van der Waals surface area contributed by atoms with Gasteiger partial charge in [-0.3, -0.25) is 0 Å². The van der Waals surface area contributed by atoms with Crippen molar-refractivity contribution in [3.8, 4) is 28.1 Å². The molecule has 0 aliphatic heterocycles. The molecule has 1 atom stereocenters. The van der Waals surface area contributed by atoms with Gasteiger partial charge in [-0.25, -0.2) is 17.6 Å². The van der Waals surface area contributed by atoms with E-state index in [0.29, 0.717) is 33.6 Å². The third-order valence-electron chi connectivity index (χ3n) is 7.31. The van der Waals surface area contributed by atoms with Crippen molar-refractivity contribution in [1.29, 1.82) is 0 Å². The summed E-state index contributed by atoms with van der Waals surface area (Å²) in [5, 5.41) is 22.6. The van der Waals surface area contributed by atoms with Gasteiger partial charge >= 0.3 is 6.18 Å². The first kappa shape index (κ1) is 29.8. The zero-order valence-electron chi connectivity index (χ0n) is 23.9. The number of halogens is 3. The molecule has 10 nitrogen and oxygen atoms in total. The molecule has 0 bridgehead atoms. The minimum atomic E-state index is -4.57. The Kier molecular flexibility index (Phi) is 7.33. The number of nitrogens with one attached hydrogen (secondary N) is 1. The second-order valence-corrected chi connectivity index (χ2v) is 12.4. The number of rotatable bonds is 7. The molecule has 0 spiro atoms. The maximum atomic E-state index is 13.7. The van der Waals surface area contributed by atoms with Crippen LogP contribution in [0.4, 0.5) is 24.8 Å². The normalized spacial score (nSPS) is 12.8. The number of hydrogen-bond donors (Lipinski definition) is 3. The van der Waals surface area contributed by atoms with Crippen LogP contribution in [0, 0.1) is 6.92 Å². The van der Waals surface area contributed by atoms with Gasteiger partial charge in [-0.2, -0.15) is 23.3 Å². The summed E-state index contributed by atoms with van der Waals surface area (Å²) in [6.07, 6.45) is -1.50. The molecule has 0 aliphatic carbocycles. The average molecular weight is 634 g/mol. The maximum Gasteiger partial charge on any atom is 0.416 e. The molecule has 230 valence electrons. The topological polar surface area (TPSA) is 140 Å². The van der Waals surface area contributed by atoms with Crippen molar-refractivity contribution < 1.29 is 26.7 Å². The number of pyridine rings is 1. The number of hydrogen-bond acceptors (Lipinski definition) is 8. The van der Waals surface area contributed by atoms with Crippen molar-refractivity contribution >= 4 is 27.1 Å². The number of alkyl halides is 3. The summed E-state index contributed by atoms with van der Waals surface area (Å²) in [7, 11) is -3.43. The van der Waals surface area contributed by atoms with Gasteiger partial charge in [-0.1, -0.05) is 24.3 Å². The van der Waals surface area contributed by atoms with Crippen LogP contribution in [0.3, 0.4) is 0 Å². The van der Waals surface area contributed by atoms with Crippen LogP contribution in [-0.4, -0.2) is 44.2 Å². The van der Waals surface area contributed by atoms with Gasteiger partial charge in [-0.05, 0) is 72.6 Å². The van der Waals surface area contributed by atoms with Crippen molar-refractivity contribution in [2.75, 3.05) is 17.3 Å². The molecule has 3 aromatic heterocycles. The van der Waals surface area contributed by atoms with Crippen molar-refractivity contribution in [3.05, 3.63) is 108 Å². The van der Waals surface area contributed by atoms with Crippen LogP contribution in [0.15, 0.2) is 96.2 Å². The van der Waals surface area contributed by atoms with Gasteiger partial charge in [-0.15, -0.1) is 5.10 Å². The number of aliphatic hydroxyl groups excluding tert-OH is 1. The minimum absolute atomic E-state index is 0.00786. The monoisotopic (exact) mass is 633 g/mol. The highest BCUT2D eigenvalue weighted by Gasteiger charge is 2.31. The van der Waals surface area contributed by atoms with E-state index >= 15 is 0 Å². The molecular weight excluding hydrogens is 607 g/mol. The Labute approximate surface area is 255 Å². The maximum absolute atomic E-state index is 13.7. The van der Waals surface area contributed by atoms with E-state index in [1.165, 1.54) is 34.8 Å². The number of benzene rings is 3. The first-order valence-corrected chi connectivity index (χ1v) is 15.4. The smallest absolute Gasteiger partial charge is 0.399 e. The first-order valence-electron chi connectivity index (χ1n) is 13.5. The molecule has 3 aromatic carbocycles. The van der Waals surface area contributed by atoms with Crippen LogP contribution in [0.5, 0.6) is 0 Å². The predicted octanol–water partition coefficient (Wildman–Crippen LogP) is 5.66. The molecule has 0 saturated carbocycles. The Morgan fingerprint density at radius 3 is 2.38 bits per heavy atom. The standard InChI is InChI=1S/C31H26F3N7O3S/c1-18-25(26-14-15-36-41(26)23-10-8-22(35)9-11-23)17-40-28(27(18)20-4-3-5-21(16-20)31(32,33)34)37-30(39-40)38-29(42)19-6-12-24(13-7-19)45(2,43)44/h3-17,29,42H,35H2,1-2H3,(H,38,39). The molecule has 0 aliphatic rings. The van der Waals surface area contributed by atoms with E-state index in [-0.39, 0.29) is 22.1 Å². The fraction of sp³-hybridized carbons (Fsp3) is 0.129. The first-order chi connectivity index (χ1) is 21.3. The third kappa shape index (κ3) is 5.84. The molecule has 0 fully saturated rings. The van der Waals surface area contributed by atoms with Crippen LogP contribution in [0.25, 0.3) is 33.7 Å². The number of aliphatic hydroxyl groups is 1. The Morgan fingerprint density at radius 2 is 1.71 bits per heavy atom. The summed E-state index contributed by atoms with van der Waals surface area (Å²) < 4.78 is 68.0. The van der Waals surface area contributed by atoms with E-state index in [9.17, 15) is 26.7 Å². The molecular formula is C31H26F3N7O3S. The number of anilines is 2. The Bertz CT molecular complexity index is 2140. The van der Waals surface area contributed by atoms with E-state index in [0.717, 1.165) is 24.1 Å². The minimum Gasteiger partial charge on any atom is -0.399 e. The van der Waals surface area contributed by atoms with Gasteiger partial charge in [0.2, 0.25) is 5.95 Å². The highest BCUT2D eigenvalue weighted by Crippen LogP contribution is 2.38. The predicted molar refractivity (Wildman–Crippen MR) is 163 cm³/mol. The number of nitrogen functional groups attached to an aromatic ring is 1. The van der Waals surface area contributed by atoms with Gasteiger partial charge in [0, 0.05) is 34.8 Å². The van der Waals surface area contributed by atoms with Gasteiger partial charge < -0.3 is 16.2 Å². The molecule has 1 unspecified atom stereocenters. The lowest BCUT2D eigenvalue weighted by molar-refractivity contribution is -0.137. The van der Waals surface area contributed by atoms with Crippen molar-refractivity contribution in [2.45, 2.75) is 24.2 Å². The number of fused-ring (bicyclic) bond motifs is 1. The summed E-state index contributed by atoms with van der Waals surface area (Å²) in [5.74, 6) is -0.00786. The van der Waals surface area contributed by atoms with Gasteiger partial charge in [0.1, 0.15) is 0 Å². The zero-order chi connectivity index (χ0) is 32.1. The second kappa shape index (κ2) is 11.1. The molecule has 3 heterocycles. The van der Waals surface area contributed by atoms with Crippen LogP contribution >= 0.6 is 0 Å². The van der Waals surface area contributed by atoms with Crippen LogP contribution < -0.4 is 11.1 Å². The lowest BCUT2D eigenvalue weighted by atomic mass is 9.95. The molecule has 14 heteroatoms. The van der Waals surface area contributed by atoms with Gasteiger partial charge in [0.25, 0.3) is 0 Å². The summed E-state index contributed by atoms with van der Waals surface area (Å²) in [5.41, 5.74) is 9.49. The largest absolute Gasteiger partial charge is 0.416 e. The van der Waals surface area contributed by atoms with E-state index in [2.05, 4.69) is 20.5 Å². The molecule has 0 saturated heterocycles. The summed E-state index contributed by atoms with van der Waals surface area (Å²) in [6.45, 7) is 1.78. The summed E-state index contributed by atoms with van der Waals surface area (Å²) in [4.78, 5) is 4.64. The highest BCUT2D eigenvalue weighted by molar-refractivity contribution is 7.90. The summed E-state index contributed by atoms with van der Waals surface area (Å²) in [6, 6.07) is 19.5. The number of sulfone groups is 1. The van der Waals surface area contributed by atoms with Gasteiger partial charge in [0.05, 0.1) is 28.0 Å². The lowest BCUT2D eigenvalue weighted by Gasteiger charge is -2.16. The average Bonchev–Trinajstić information content (AvgIpc) is 3.63. The molecule has 0 radical (unpaired) electrons. The summed E-state index contributed by atoms with van der Waals surface area (Å²) >= 11 is 0. The number of nitrogens with two attached hydrogens (primary N) is 1. The van der Waals surface area contributed by atoms with Crippen molar-refractivity contribution in [2.24, 2.45) is 0 Å². The quantitative estimate of drug-likeness (QED) is 0.151. The molecule has 0 amide bonds. The van der Waals surface area contributed by atoms with Gasteiger partial charge in [0.15, 0.2) is 21.7 Å². The Balaban J connectivity index is 1.49. The second-order valence-electron chi connectivity index (χ2n) is 10.4. The van der Waals surface area contributed by atoms with Crippen LogP contribution in [0.2, 0.25) is 0 Å². The zero-order valence-corrected chi connectivity index (χ0v) is 24.7.